The van der Waals surface area contributed by atoms with Crippen LogP contribution < -0.4 is 23.4 Å². The van der Waals surface area contributed by atoms with Gasteiger partial charge in [0.2, 0.25) is 6.20 Å². The molecule has 0 radical (unpaired) electrons. The van der Waals surface area contributed by atoms with Gasteiger partial charge in [-0.05, 0) is 203 Å². The molecule has 678 valence electrons. The van der Waals surface area contributed by atoms with Crippen LogP contribution in [0.3, 0.4) is 0 Å². The molecule has 0 unspecified atom stereocenters. The van der Waals surface area contributed by atoms with Gasteiger partial charge in [0, 0.05) is 114 Å². The van der Waals surface area contributed by atoms with Crippen molar-refractivity contribution in [2.24, 2.45) is 35.2 Å². The number of rotatable bonds is 9. The lowest BCUT2D eigenvalue weighted by atomic mass is 9.83. The largest absolute Gasteiger partial charge is 0.254 e. The van der Waals surface area contributed by atoms with E-state index in [9.17, 15) is 0 Å². The number of nitrogens with zero attached hydrogens (tertiary/aromatic N) is 15. The maximum atomic E-state index is 5.23. The Morgan fingerprint density at radius 1 is 0.277 bits per heavy atom. The molecule has 1 aliphatic carbocycles. The van der Waals surface area contributed by atoms with Gasteiger partial charge in [0.25, 0.3) is 0 Å². The average Bonchev–Trinajstić information content (AvgIpc) is 1.61. The number of benzene rings is 9. The van der Waals surface area contributed by atoms with E-state index in [-0.39, 0.29) is 0 Å². The third-order valence-corrected chi connectivity index (χ3v) is 29.0. The fraction of sp³-hybridized carbons (Fsp3) is 0.230. The third kappa shape index (κ3) is 14.8. The average molecular weight is 1800 g/mol. The zero-order valence-corrected chi connectivity index (χ0v) is 82.3. The molecule has 9 aromatic carbocycles. The fourth-order valence-corrected chi connectivity index (χ4v) is 22.5. The van der Waals surface area contributed by atoms with Gasteiger partial charge in [-0.15, -0.1) is 46.0 Å². The summed E-state index contributed by atoms with van der Waals surface area (Å²) in [6.45, 7) is 31.1. The predicted molar refractivity (Wildman–Crippen MR) is 565 cm³/mol. The first kappa shape index (κ1) is 88.4. The minimum atomic E-state index is 0.359. The molecule has 1 saturated carbocycles. The highest BCUT2D eigenvalue weighted by Crippen LogP contribution is 2.48. The highest BCUT2D eigenvalue weighted by molar-refractivity contribution is 6.20. The summed E-state index contributed by atoms with van der Waals surface area (Å²) < 4.78 is 22.3. The SMILES string of the molecule is Cc1cc(C(C)C)nc2c3ccccc3c3c(-c4c(-c5ccccc5)cccc4-c4ccccc4)c[n+](C)n3c12.Cc1cccc2c1c1nccc(C)c1n1c2cc[n+]1C.Cc1ccnc2c3c(-c4c(C(C)C)cccc4C(C)C)cccc3c3cc[n+](C)n3c12.Cc1ccnc2c3c(C(C)C)cccc3c3cc[n+](C)n3c12.Cc1ccnc2c3c(C4CCCC4)cccc3c3cc[n+](C)n3c12. The molecule has 0 N–H and O–H groups in total. The Kier molecular flexibility index (Phi) is 22.9. The molecule has 0 amide bonds. The van der Waals surface area contributed by atoms with Crippen LogP contribution in [0.4, 0.5) is 0 Å². The quantitative estimate of drug-likeness (QED) is 0.106. The van der Waals surface area contributed by atoms with Gasteiger partial charge in [0.05, 0.1) is 5.56 Å². The lowest BCUT2D eigenvalue weighted by molar-refractivity contribution is -0.735. The molecule has 15 aromatic heterocycles. The number of pyridine rings is 10. The van der Waals surface area contributed by atoms with Crippen molar-refractivity contribution in [3.8, 4) is 44.5 Å². The van der Waals surface area contributed by atoms with Crippen molar-refractivity contribution in [1.82, 2.24) is 47.5 Å². The van der Waals surface area contributed by atoms with Crippen molar-refractivity contribution in [3.63, 3.8) is 0 Å². The zero-order chi connectivity index (χ0) is 94.8. The molecule has 1 aliphatic rings. The molecule has 25 rings (SSSR count). The van der Waals surface area contributed by atoms with Crippen LogP contribution in [-0.4, -0.2) is 47.5 Å². The highest BCUT2D eigenvalue weighted by Gasteiger charge is 2.32. The lowest BCUT2D eigenvalue weighted by Gasteiger charge is -2.22. The number of fused-ring (bicyclic) bond motifs is 30. The van der Waals surface area contributed by atoms with E-state index >= 15 is 0 Å². The van der Waals surface area contributed by atoms with Crippen LogP contribution in [0, 0.1) is 41.5 Å². The first-order valence-corrected chi connectivity index (χ1v) is 48.7. The van der Waals surface area contributed by atoms with Crippen LogP contribution in [0.15, 0.2) is 304 Å². The van der Waals surface area contributed by atoms with Crippen molar-refractivity contribution in [1.29, 1.82) is 0 Å². The van der Waals surface area contributed by atoms with E-state index in [1.54, 1.807) is 0 Å². The third-order valence-electron chi connectivity index (χ3n) is 29.0. The van der Waals surface area contributed by atoms with E-state index in [0.717, 1.165) is 38.8 Å². The highest BCUT2D eigenvalue weighted by atomic mass is 15.4. The molecule has 137 heavy (non-hydrogen) atoms. The van der Waals surface area contributed by atoms with Crippen molar-refractivity contribution < 1.29 is 23.4 Å². The Labute approximate surface area is 800 Å². The minimum absolute atomic E-state index is 0.359. The second-order valence-electron chi connectivity index (χ2n) is 39.2. The molecule has 0 bridgehead atoms. The summed E-state index contributed by atoms with van der Waals surface area (Å²) in [5, 5.41) is 12.7. The van der Waals surface area contributed by atoms with E-state index in [0.29, 0.717) is 29.6 Å². The molecule has 1 fully saturated rings. The smallest absolute Gasteiger partial charge is 0.204 e. The van der Waals surface area contributed by atoms with Crippen LogP contribution >= 0.6 is 0 Å². The molecule has 0 atom stereocenters. The molecular weight excluding hydrogens is 1680 g/mol. The standard InChI is InChI=1S/C37H32N3.C28H30N3.C21H22N3.C19H20N3.C17H16N3/c1-24(2)33-22-25(3)36-35(38-33)30-18-11-12-19-31(30)37-32(23-39(4)40(36)37)34-28(26-14-7-5-8-15-26)20-13-21-29(34)27-16-9-6-10-17-27;1-17(2)20-9-7-10-21(18(3)4)25(20)23-12-8-11-22-24-14-16-30(6)31(24)28-19(5)13-15-29-27(28)26(22)23;1-14-10-12-22-20-19-16(15-6-3-4-7-15)8-5-9-17(19)18-11-13-23(2)24(18)21(14)20;1-12(2)14-6-5-7-15-16-9-11-21(4)22(16)19-13(3)8-10-20-18(19)17(14)15;1-11-5-4-6-13-14-8-10-19(3)20(14)17-12(2)7-9-18-16(17)15(11)13/h5-24H,1-4H3;7-18H,1-6H3;5,8-13,15H,3-4,6-7H2,1-2H3;5-12H,1-4H3;4-10H,1-3H3/q5*+1. The van der Waals surface area contributed by atoms with Crippen LogP contribution in [0.5, 0.6) is 0 Å². The summed E-state index contributed by atoms with van der Waals surface area (Å²) in [5.74, 6) is 2.41. The van der Waals surface area contributed by atoms with Crippen LogP contribution in [0.25, 0.3) is 181 Å². The maximum Gasteiger partial charge on any atom is 0.204 e. The Morgan fingerprint density at radius 3 is 1.13 bits per heavy atom. The van der Waals surface area contributed by atoms with Gasteiger partial charge in [-0.2, -0.15) is 0 Å². The van der Waals surface area contributed by atoms with Gasteiger partial charge in [-0.3, -0.25) is 24.9 Å². The zero-order valence-electron chi connectivity index (χ0n) is 82.3. The normalized spacial score (nSPS) is 12.6. The van der Waals surface area contributed by atoms with E-state index in [1.807, 2.05) is 24.8 Å². The topological polar surface area (TPSA) is 106 Å². The number of aromatic nitrogens is 15. The lowest BCUT2D eigenvalue weighted by Crippen LogP contribution is -2.34. The maximum absolute atomic E-state index is 5.23. The molecule has 0 saturated heterocycles. The predicted octanol–water partition coefficient (Wildman–Crippen LogP) is 27.0. The molecular formula is C122H120N15+5. The van der Waals surface area contributed by atoms with E-state index in [2.05, 4.69) is 463 Å². The van der Waals surface area contributed by atoms with E-state index in [1.165, 1.54) is 229 Å². The molecule has 0 spiro atoms. The first-order chi connectivity index (χ1) is 66.4. The van der Waals surface area contributed by atoms with Crippen LogP contribution in [0.1, 0.15) is 172 Å². The van der Waals surface area contributed by atoms with Crippen molar-refractivity contribution >= 4 is 137 Å². The first-order valence-electron chi connectivity index (χ1n) is 48.7. The summed E-state index contributed by atoms with van der Waals surface area (Å²) in [6, 6.07) is 89.8. The van der Waals surface area contributed by atoms with Gasteiger partial charge < -0.3 is 0 Å². The van der Waals surface area contributed by atoms with Crippen molar-refractivity contribution in [2.75, 3.05) is 0 Å². The van der Waals surface area contributed by atoms with Crippen molar-refractivity contribution in [3.05, 3.63) is 366 Å². The van der Waals surface area contributed by atoms with E-state index < -0.39 is 0 Å². The van der Waals surface area contributed by atoms with Gasteiger partial charge in [0.1, 0.15) is 82.8 Å². The summed E-state index contributed by atoms with van der Waals surface area (Å²) in [4.78, 5) is 24.4. The van der Waals surface area contributed by atoms with Gasteiger partial charge in [-0.1, -0.05) is 262 Å². The van der Waals surface area contributed by atoms with Crippen LogP contribution in [0.2, 0.25) is 0 Å². The summed E-state index contributed by atoms with van der Waals surface area (Å²) in [7, 11) is 10.5. The Balaban J connectivity index is 0.000000105. The number of aryl methyl sites for hydroxylation is 11. The summed E-state index contributed by atoms with van der Waals surface area (Å²) in [6.07, 6.45) is 23.8. The second kappa shape index (κ2) is 35.6. The molecule has 15 nitrogen and oxygen atoms in total. The fourth-order valence-electron chi connectivity index (χ4n) is 22.5. The van der Waals surface area contributed by atoms with Gasteiger partial charge >= 0.3 is 0 Å². The molecule has 15 heteroatoms. The summed E-state index contributed by atoms with van der Waals surface area (Å²) >= 11 is 0. The molecule has 24 aromatic rings. The Hall–Kier alpha value is -15.2. The molecule has 15 heterocycles. The Morgan fingerprint density at radius 2 is 0.650 bits per heavy atom. The van der Waals surface area contributed by atoms with Gasteiger partial charge in [0.15, 0.2) is 60.0 Å². The number of hydrogen-bond acceptors (Lipinski definition) is 5. The van der Waals surface area contributed by atoms with E-state index in [4.69, 9.17) is 19.9 Å². The minimum Gasteiger partial charge on any atom is -0.254 e. The summed E-state index contributed by atoms with van der Waals surface area (Å²) in [5.41, 5.74) is 41.9. The second-order valence-corrected chi connectivity index (χ2v) is 39.2. The van der Waals surface area contributed by atoms with Crippen LogP contribution in [-0.2, 0) is 35.2 Å². The Bertz CT molecular complexity index is 8860. The number of hydrogen-bond donors (Lipinski definition) is 0. The van der Waals surface area contributed by atoms with Crippen molar-refractivity contribution in [2.45, 2.75) is 152 Å². The monoisotopic (exact) mass is 1790 g/mol. The molecule has 0 aliphatic heterocycles. The van der Waals surface area contributed by atoms with Gasteiger partial charge in [-0.25, -0.2) is 0 Å².